The van der Waals surface area contributed by atoms with Crippen molar-refractivity contribution in [2.75, 3.05) is 52.9 Å². The van der Waals surface area contributed by atoms with Gasteiger partial charge in [0.15, 0.2) is 50.3 Å². The Hall–Kier alpha value is -4.82. The van der Waals surface area contributed by atoms with Crippen molar-refractivity contribution in [2.45, 2.75) is 330 Å². The van der Waals surface area contributed by atoms with Crippen LogP contribution in [0.1, 0.15) is 48.0 Å². The highest BCUT2D eigenvalue weighted by atomic mass is 16.8. The lowest BCUT2D eigenvalue weighted by Crippen LogP contribution is -2.72. The van der Waals surface area contributed by atoms with E-state index in [1.165, 1.54) is 6.92 Å². The van der Waals surface area contributed by atoms with Crippen molar-refractivity contribution in [3.05, 3.63) is 0 Å². The maximum atomic E-state index is 13.5. The molecule has 0 unspecified atom stereocenters. The summed E-state index contributed by atoms with van der Waals surface area (Å²) in [4.78, 5) is 77.6. The number of hydrogen-bond donors (Lipinski definition) is 30. The molecule has 46 atom stereocenters. The fourth-order valence-corrected chi connectivity index (χ4v) is 15.5. The Labute approximate surface area is 679 Å². The Morgan fingerprint density at radius 1 is 0.358 bits per heavy atom. The molecule has 0 spiro atoms. The first kappa shape index (κ1) is 99.0. The van der Waals surface area contributed by atoms with Crippen molar-refractivity contribution < 1.29 is 237 Å². The van der Waals surface area contributed by atoms with E-state index in [1.807, 2.05) is 0 Å². The van der Waals surface area contributed by atoms with Crippen LogP contribution in [0.2, 0.25) is 0 Å². The molecule has 0 saturated carbocycles. The molecule has 53 heteroatoms. The minimum Gasteiger partial charge on any atom is -0.477 e. The molecule has 120 heavy (non-hydrogen) atoms. The van der Waals surface area contributed by atoms with Crippen molar-refractivity contribution in [3.8, 4) is 0 Å². The van der Waals surface area contributed by atoms with Crippen LogP contribution in [0.25, 0.3) is 0 Å². The van der Waals surface area contributed by atoms with Crippen LogP contribution in [-0.4, -0.2) is 498 Å². The standard InChI is InChI=1S/C67H111N5O48/c1-16-36(87)44(95)46(97)62(105-16)117-55-35(72-21(6)84)61(112-29(14-79)52(55)115-65-49(100)57(40(91)26(11-76)109-65)120-67(66(102)103)7-22(85)31(68-17(2)80)54(119-67)37(88)23(86)8-73)118-56-39(90)25(10-75)108-64(48(56)99)114-50-27(12-77)110-59(32(42(50)93)69-18(3)81)104-15-30-41(92)53(34(58(101)106-30)71-20(5)83)116-60-33(70-19(4)82)43(94)51(28(13-78)111-60)113-63-47(98)45(96)38(89)24(9-74)107-63/h16,22-65,73-79,85-101H,7-15H2,1-6H3,(H,68,80)(H,69,81)(H,70,82)(H,71,83)(H,72,84)(H,102,103)/t16-,22-,23+,24+,25+,26+,27+,28+,29+,30+,31+,32+,33+,34+,35+,36+,37+,38-,39-,40-,41-,42+,43+,44+,45-,46-,47+,48+,49+,50+,51+,52+,53+,54+,55+,56-,57-,58-,59+,60-,61-,62-,63-,64-,65-,67-/m0/s1. The third-order valence-electron chi connectivity index (χ3n) is 21.7. The molecule has 9 aliphatic rings. The summed E-state index contributed by atoms with van der Waals surface area (Å²) >= 11 is 0. The highest BCUT2D eigenvalue weighted by molar-refractivity contribution is 5.77. The number of ether oxygens (including phenoxy) is 17. The van der Waals surface area contributed by atoms with E-state index < -0.39 is 376 Å². The summed E-state index contributed by atoms with van der Waals surface area (Å²) in [7, 11) is 0. The predicted molar refractivity (Wildman–Crippen MR) is 371 cm³/mol. The highest BCUT2D eigenvalue weighted by Gasteiger charge is 2.64. The van der Waals surface area contributed by atoms with Gasteiger partial charge in [0.05, 0.1) is 71.1 Å². The Bertz CT molecular complexity index is 3320. The number of carboxylic acids is 1. The van der Waals surface area contributed by atoms with Gasteiger partial charge in [-0.1, -0.05) is 0 Å². The zero-order chi connectivity index (χ0) is 88.9. The fourth-order valence-electron chi connectivity index (χ4n) is 15.5. The lowest BCUT2D eigenvalue weighted by atomic mass is 9.88. The molecule has 5 amide bonds. The zero-order valence-corrected chi connectivity index (χ0v) is 64.9. The Balaban J connectivity index is 0.963. The molecule has 30 N–H and O–H groups in total. The summed E-state index contributed by atoms with van der Waals surface area (Å²) in [5.74, 6) is -10.1. The van der Waals surface area contributed by atoms with E-state index in [2.05, 4.69) is 26.6 Å². The van der Waals surface area contributed by atoms with E-state index in [0.29, 0.717) is 0 Å². The molecule has 0 aromatic heterocycles. The first-order chi connectivity index (χ1) is 56.5. The molecule has 692 valence electrons. The van der Waals surface area contributed by atoms with Crippen molar-refractivity contribution >= 4 is 35.5 Å². The number of aliphatic hydroxyl groups excluding tert-OH is 24. The van der Waals surface area contributed by atoms with Crippen LogP contribution in [0.3, 0.4) is 0 Å². The van der Waals surface area contributed by atoms with Crippen LogP contribution in [0.4, 0.5) is 0 Å². The quantitative estimate of drug-likeness (QED) is 0.0297. The molecule has 53 nitrogen and oxygen atoms in total. The Morgan fingerprint density at radius 2 is 0.725 bits per heavy atom. The van der Waals surface area contributed by atoms with Crippen molar-refractivity contribution in [3.63, 3.8) is 0 Å². The maximum absolute atomic E-state index is 13.5. The van der Waals surface area contributed by atoms with E-state index in [9.17, 15) is 156 Å². The zero-order valence-electron chi connectivity index (χ0n) is 64.9. The second-order valence-electron chi connectivity index (χ2n) is 30.3. The molecule has 9 rings (SSSR count). The Kier molecular flexibility index (Phi) is 35.2. The van der Waals surface area contributed by atoms with E-state index in [0.717, 1.165) is 34.6 Å². The highest BCUT2D eigenvalue weighted by Crippen LogP contribution is 2.42. The number of nitrogens with one attached hydrogen (secondary N) is 5. The van der Waals surface area contributed by atoms with Gasteiger partial charge in [-0.15, -0.1) is 0 Å². The first-order valence-electron chi connectivity index (χ1n) is 38.1. The lowest BCUT2D eigenvalue weighted by Gasteiger charge is -2.52. The van der Waals surface area contributed by atoms with Gasteiger partial charge in [-0.25, -0.2) is 4.79 Å². The van der Waals surface area contributed by atoms with Crippen LogP contribution in [0.5, 0.6) is 0 Å². The second kappa shape index (κ2) is 42.7. The second-order valence-corrected chi connectivity index (χ2v) is 30.3. The third kappa shape index (κ3) is 21.9. The van der Waals surface area contributed by atoms with Crippen LogP contribution < -0.4 is 26.6 Å². The third-order valence-corrected chi connectivity index (χ3v) is 21.7. The SMILES string of the molecule is CC(=O)N[C@@H]1[C@@H](O[C@@H]2O[C@H](CO)[C@@H](O[C@@H]3O[C@H](CO)[C@H](O)[C@H](O)[C@H]3O)[C@H](O)[C@H]2NC(C)=O)[C@@H](O)[C@@H](CO[C@@H]2O[C@H](CO)[C@@H](O[C@@H]3O[C@H](CO)[C@H](O)[C@H](O[C@@H]4O[C@H](CO)[C@@H](O[C@@H]5O[C@H](CO)[C@H](O)[C@H](O[C@]6(C(=O)O)C[C@H](O)[C@@H](NC(C)=O)[C@H]([C@H](O)[C@H](O)CO)O6)[C@H]5O)[C@H](O[C@@H]5O[C@@H](C)[C@@H](O)[C@@H](O)[C@@H]5O)[C@H]4NC(C)=O)[C@H]3O)[C@H](O)[C@H]2NC(C)=O)O[C@@H]1O. The van der Waals surface area contributed by atoms with Crippen LogP contribution in [0.15, 0.2) is 0 Å². The molecule has 9 fully saturated rings. The molecule has 9 heterocycles. The normalized spacial score (nSPS) is 46.9. The number of hydrogen-bond acceptors (Lipinski definition) is 47. The minimum absolute atomic E-state index is 0.868. The van der Waals surface area contributed by atoms with Gasteiger partial charge in [-0.3, -0.25) is 24.0 Å². The summed E-state index contributed by atoms with van der Waals surface area (Å²) in [6.07, 6.45) is -84.8. The number of aliphatic carboxylic acids is 1. The van der Waals surface area contributed by atoms with Crippen LogP contribution >= 0.6 is 0 Å². The monoisotopic (exact) mass is 1750 g/mol. The molecular weight excluding hydrogens is 1640 g/mol. The molecule has 9 aliphatic heterocycles. The fraction of sp³-hybridized carbons (Fsp3) is 0.910. The molecular formula is C67H111N5O48. The maximum Gasteiger partial charge on any atom is 0.364 e. The molecule has 0 bridgehead atoms. The van der Waals surface area contributed by atoms with E-state index in [-0.39, 0.29) is 0 Å². The van der Waals surface area contributed by atoms with Crippen molar-refractivity contribution in [2.24, 2.45) is 0 Å². The predicted octanol–water partition coefficient (Wildman–Crippen LogP) is -19.7. The summed E-state index contributed by atoms with van der Waals surface area (Å²) < 4.78 is 101. The van der Waals surface area contributed by atoms with E-state index >= 15 is 0 Å². The number of aliphatic hydroxyl groups is 24. The largest absolute Gasteiger partial charge is 0.477 e. The smallest absolute Gasteiger partial charge is 0.364 e. The number of amides is 5. The van der Waals surface area contributed by atoms with E-state index in [1.54, 1.807) is 0 Å². The van der Waals surface area contributed by atoms with Gasteiger partial charge in [0.1, 0.15) is 207 Å². The van der Waals surface area contributed by atoms with Gasteiger partial charge in [-0.2, -0.15) is 0 Å². The van der Waals surface area contributed by atoms with Gasteiger partial charge in [0.25, 0.3) is 5.79 Å². The Morgan fingerprint density at radius 3 is 1.22 bits per heavy atom. The summed E-state index contributed by atoms with van der Waals surface area (Å²) in [6, 6.07) is -9.31. The average molecular weight is 1750 g/mol. The summed E-state index contributed by atoms with van der Waals surface area (Å²) in [5, 5.41) is 290. The number of rotatable bonds is 32. The average Bonchev–Trinajstić information content (AvgIpc) is 0.749. The molecule has 0 aromatic carbocycles. The topological polar surface area (TPSA) is 825 Å². The van der Waals surface area contributed by atoms with E-state index in [4.69, 9.17) is 80.5 Å². The molecule has 0 aromatic rings. The van der Waals surface area contributed by atoms with Crippen LogP contribution in [0, 0.1) is 0 Å². The van der Waals surface area contributed by atoms with Gasteiger partial charge in [0, 0.05) is 41.0 Å². The molecule has 0 radical (unpaired) electrons. The summed E-state index contributed by atoms with van der Waals surface area (Å²) in [6.45, 7) is -3.10. The van der Waals surface area contributed by atoms with Gasteiger partial charge >= 0.3 is 5.97 Å². The summed E-state index contributed by atoms with van der Waals surface area (Å²) in [5.41, 5.74) is 0. The number of carboxylic acid groups (broad SMARTS) is 1. The van der Waals surface area contributed by atoms with Crippen molar-refractivity contribution in [1.29, 1.82) is 0 Å². The van der Waals surface area contributed by atoms with Crippen molar-refractivity contribution in [1.82, 2.24) is 26.6 Å². The van der Waals surface area contributed by atoms with Gasteiger partial charge in [-0.05, 0) is 6.92 Å². The first-order valence-corrected chi connectivity index (χ1v) is 38.1. The molecule has 9 saturated heterocycles. The minimum atomic E-state index is -3.33. The van der Waals surface area contributed by atoms with Gasteiger partial charge < -0.3 is 235 Å². The lowest BCUT2D eigenvalue weighted by molar-refractivity contribution is -0.399. The number of carbonyl (C=O) groups is 6. The van der Waals surface area contributed by atoms with Gasteiger partial charge in [0.2, 0.25) is 29.5 Å². The van der Waals surface area contributed by atoms with Crippen LogP contribution in [-0.2, 0) is 109 Å². The molecule has 0 aliphatic carbocycles. The number of carbonyl (C=O) groups excluding carboxylic acids is 5.